The van der Waals surface area contributed by atoms with Gasteiger partial charge in [0.1, 0.15) is 11.4 Å². The molecule has 3 aromatic rings. The Labute approximate surface area is 219 Å². The standard InChI is InChI=1S/C27H27N3O6S/c1-34-22-15-24(36-3)23(35-2)13-18(22)12-21(30-26(32)17-8-5-4-6-9-17)27(33)29-19-10-7-11-20(14-19)37-16-25(28)31/h4-15H,16H2,1-3H3,(H2,28,31)(H,29,33)(H,30,32)/b21-12+. The molecule has 37 heavy (non-hydrogen) atoms. The van der Waals surface area contributed by atoms with Crippen LogP contribution in [0.4, 0.5) is 5.69 Å². The minimum Gasteiger partial charge on any atom is -0.496 e. The van der Waals surface area contributed by atoms with Gasteiger partial charge in [0, 0.05) is 27.8 Å². The summed E-state index contributed by atoms with van der Waals surface area (Å²) >= 11 is 1.25. The summed E-state index contributed by atoms with van der Waals surface area (Å²) in [5.41, 5.74) is 6.52. The number of hydrogen-bond donors (Lipinski definition) is 3. The van der Waals surface area contributed by atoms with E-state index in [1.54, 1.807) is 66.7 Å². The molecule has 0 saturated carbocycles. The third-order valence-corrected chi connectivity index (χ3v) is 6.05. The van der Waals surface area contributed by atoms with Gasteiger partial charge in [-0.05, 0) is 42.5 Å². The van der Waals surface area contributed by atoms with Crippen LogP contribution in [-0.4, -0.2) is 44.8 Å². The van der Waals surface area contributed by atoms with Crippen LogP contribution >= 0.6 is 11.8 Å². The highest BCUT2D eigenvalue weighted by Gasteiger charge is 2.18. The molecule has 192 valence electrons. The van der Waals surface area contributed by atoms with Crippen molar-refractivity contribution in [1.82, 2.24) is 5.32 Å². The number of amides is 3. The molecule has 9 nitrogen and oxygen atoms in total. The second-order valence-electron chi connectivity index (χ2n) is 7.56. The number of carbonyl (C=O) groups is 3. The van der Waals surface area contributed by atoms with E-state index in [-0.39, 0.29) is 11.4 Å². The molecular formula is C27H27N3O6S. The molecule has 0 atom stereocenters. The summed E-state index contributed by atoms with van der Waals surface area (Å²) < 4.78 is 16.2. The van der Waals surface area contributed by atoms with Gasteiger partial charge in [-0.3, -0.25) is 14.4 Å². The Kier molecular flexibility index (Phi) is 9.56. The molecule has 0 radical (unpaired) electrons. The van der Waals surface area contributed by atoms with Crippen LogP contribution in [-0.2, 0) is 9.59 Å². The predicted molar refractivity (Wildman–Crippen MR) is 143 cm³/mol. The molecule has 0 aliphatic heterocycles. The number of thioether (sulfide) groups is 1. The molecule has 0 aliphatic rings. The molecule has 0 aromatic heterocycles. The smallest absolute Gasteiger partial charge is 0.272 e. The Morgan fingerprint density at radius 2 is 1.54 bits per heavy atom. The summed E-state index contributed by atoms with van der Waals surface area (Å²) in [4.78, 5) is 38.2. The zero-order valence-electron chi connectivity index (χ0n) is 20.6. The molecule has 0 bridgehead atoms. The van der Waals surface area contributed by atoms with Gasteiger partial charge in [0.25, 0.3) is 11.8 Å². The van der Waals surface area contributed by atoms with Gasteiger partial charge in [-0.2, -0.15) is 0 Å². The molecule has 10 heteroatoms. The molecule has 0 aliphatic carbocycles. The van der Waals surface area contributed by atoms with Crippen LogP contribution in [0.2, 0.25) is 0 Å². The maximum Gasteiger partial charge on any atom is 0.272 e. The SMILES string of the molecule is COc1cc(OC)c(OC)cc1/C=C(/NC(=O)c1ccccc1)C(=O)Nc1cccc(SCC(N)=O)c1. The average Bonchev–Trinajstić information content (AvgIpc) is 2.91. The number of rotatable bonds is 11. The molecule has 0 fully saturated rings. The molecule has 3 amide bonds. The van der Waals surface area contributed by atoms with Gasteiger partial charge >= 0.3 is 0 Å². The Hall–Kier alpha value is -4.44. The van der Waals surface area contributed by atoms with Crippen molar-refractivity contribution < 1.29 is 28.6 Å². The van der Waals surface area contributed by atoms with Crippen LogP contribution in [0.25, 0.3) is 6.08 Å². The molecule has 0 spiro atoms. The molecular weight excluding hydrogens is 494 g/mol. The van der Waals surface area contributed by atoms with E-state index in [0.29, 0.717) is 34.1 Å². The van der Waals surface area contributed by atoms with Crippen molar-refractivity contribution in [3.05, 3.63) is 83.6 Å². The summed E-state index contributed by atoms with van der Waals surface area (Å²) in [7, 11) is 4.48. The summed E-state index contributed by atoms with van der Waals surface area (Å²) in [6.45, 7) is 0. The van der Waals surface area contributed by atoms with Crippen molar-refractivity contribution in [2.45, 2.75) is 4.90 Å². The maximum atomic E-state index is 13.4. The van der Waals surface area contributed by atoms with Crippen LogP contribution in [0, 0.1) is 0 Å². The highest BCUT2D eigenvalue weighted by molar-refractivity contribution is 8.00. The van der Waals surface area contributed by atoms with Gasteiger partial charge in [-0.25, -0.2) is 0 Å². The number of carbonyl (C=O) groups excluding carboxylic acids is 3. The van der Waals surface area contributed by atoms with E-state index >= 15 is 0 Å². The second kappa shape index (κ2) is 13.0. The Morgan fingerprint density at radius 3 is 2.19 bits per heavy atom. The van der Waals surface area contributed by atoms with Crippen LogP contribution in [0.1, 0.15) is 15.9 Å². The fourth-order valence-electron chi connectivity index (χ4n) is 3.28. The van der Waals surface area contributed by atoms with Gasteiger partial charge in [0.05, 0.1) is 27.1 Å². The molecule has 3 aromatic carbocycles. The number of ether oxygens (including phenoxy) is 3. The van der Waals surface area contributed by atoms with Gasteiger partial charge in [-0.15, -0.1) is 11.8 Å². The summed E-state index contributed by atoms with van der Waals surface area (Å²) in [6.07, 6.45) is 1.49. The third-order valence-electron chi connectivity index (χ3n) is 5.04. The molecule has 0 saturated heterocycles. The van der Waals surface area contributed by atoms with Crippen molar-refractivity contribution in [2.24, 2.45) is 5.73 Å². The lowest BCUT2D eigenvalue weighted by molar-refractivity contribution is -0.115. The van der Waals surface area contributed by atoms with Gasteiger partial charge in [0.15, 0.2) is 11.5 Å². The predicted octanol–water partition coefficient (Wildman–Crippen LogP) is 3.70. The average molecular weight is 522 g/mol. The van der Waals surface area contributed by atoms with Crippen molar-refractivity contribution in [2.75, 3.05) is 32.4 Å². The largest absolute Gasteiger partial charge is 0.496 e. The number of methoxy groups -OCH3 is 3. The first-order valence-corrected chi connectivity index (χ1v) is 12.0. The third kappa shape index (κ3) is 7.52. The Morgan fingerprint density at radius 1 is 0.865 bits per heavy atom. The molecule has 4 N–H and O–H groups in total. The minimum absolute atomic E-state index is 0.0328. The van der Waals surface area contributed by atoms with E-state index < -0.39 is 17.7 Å². The van der Waals surface area contributed by atoms with Crippen LogP contribution in [0.5, 0.6) is 17.2 Å². The number of primary amides is 1. The number of anilines is 1. The minimum atomic E-state index is -0.571. The first kappa shape index (κ1) is 27.2. The molecule has 0 heterocycles. The maximum absolute atomic E-state index is 13.4. The van der Waals surface area contributed by atoms with E-state index in [4.69, 9.17) is 19.9 Å². The summed E-state index contributed by atoms with van der Waals surface area (Å²) in [5.74, 6) is -0.109. The fraction of sp³-hybridized carbons (Fsp3) is 0.148. The van der Waals surface area contributed by atoms with Crippen LogP contribution in [0.3, 0.4) is 0 Å². The normalized spacial score (nSPS) is 10.8. The van der Waals surface area contributed by atoms with E-state index in [0.717, 1.165) is 4.90 Å². The van der Waals surface area contributed by atoms with Crippen molar-refractivity contribution in [1.29, 1.82) is 0 Å². The number of nitrogens with two attached hydrogens (primary N) is 1. The lowest BCUT2D eigenvalue weighted by Gasteiger charge is -2.15. The Balaban J connectivity index is 1.98. The topological polar surface area (TPSA) is 129 Å². The van der Waals surface area contributed by atoms with Crippen molar-refractivity contribution >= 4 is 41.2 Å². The molecule has 0 unspecified atom stereocenters. The zero-order chi connectivity index (χ0) is 26.8. The second-order valence-corrected chi connectivity index (χ2v) is 8.61. The number of benzene rings is 3. The lowest BCUT2D eigenvalue weighted by Crippen LogP contribution is -2.30. The van der Waals surface area contributed by atoms with E-state index in [1.807, 2.05) is 0 Å². The van der Waals surface area contributed by atoms with E-state index in [2.05, 4.69) is 10.6 Å². The van der Waals surface area contributed by atoms with Gasteiger partial charge in [-0.1, -0.05) is 24.3 Å². The highest BCUT2D eigenvalue weighted by atomic mass is 32.2. The van der Waals surface area contributed by atoms with E-state index in [1.165, 1.54) is 39.2 Å². The lowest BCUT2D eigenvalue weighted by atomic mass is 10.1. The van der Waals surface area contributed by atoms with Gasteiger partial charge in [0.2, 0.25) is 5.91 Å². The molecule has 3 rings (SSSR count). The summed E-state index contributed by atoms with van der Waals surface area (Å²) in [6, 6.07) is 18.7. The van der Waals surface area contributed by atoms with E-state index in [9.17, 15) is 14.4 Å². The quantitative estimate of drug-likeness (QED) is 0.259. The highest BCUT2D eigenvalue weighted by Crippen LogP contribution is 2.35. The monoisotopic (exact) mass is 521 g/mol. The zero-order valence-corrected chi connectivity index (χ0v) is 21.4. The van der Waals surface area contributed by atoms with Crippen LogP contribution in [0.15, 0.2) is 77.3 Å². The van der Waals surface area contributed by atoms with Gasteiger partial charge < -0.3 is 30.6 Å². The first-order valence-electron chi connectivity index (χ1n) is 11.0. The van der Waals surface area contributed by atoms with Crippen molar-refractivity contribution in [3.63, 3.8) is 0 Å². The number of hydrogen-bond acceptors (Lipinski definition) is 7. The number of nitrogens with one attached hydrogen (secondary N) is 2. The van der Waals surface area contributed by atoms with Crippen molar-refractivity contribution in [3.8, 4) is 17.2 Å². The Bertz CT molecular complexity index is 1310. The first-order chi connectivity index (χ1) is 17.8. The van der Waals surface area contributed by atoms with Crippen LogP contribution < -0.4 is 30.6 Å². The summed E-state index contributed by atoms with van der Waals surface area (Å²) in [5, 5.41) is 5.48. The fourth-order valence-corrected chi connectivity index (χ4v) is 3.97.